The second-order valence-corrected chi connectivity index (χ2v) is 11.0. The Labute approximate surface area is 200 Å². The molecule has 184 valence electrons. The van der Waals surface area contributed by atoms with Crippen LogP contribution in [-0.4, -0.2) is 86.2 Å². The minimum Gasteiger partial charge on any atom is -0.459 e. The van der Waals surface area contributed by atoms with E-state index in [0.29, 0.717) is 62.8 Å². The Morgan fingerprint density at radius 3 is 2.21 bits per heavy atom. The van der Waals surface area contributed by atoms with Gasteiger partial charge in [0.1, 0.15) is 0 Å². The number of furan rings is 1. The number of carbonyl (C=O) groups is 2. The molecule has 1 aromatic heterocycles. The number of piperidine rings is 1. The van der Waals surface area contributed by atoms with E-state index in [1.165, 1.54) is 10.6 Å². The molecule has 0 radical (unpaired) electrons. The van der Waals surface area contributed by atoms with Gasteiger partial charge >= 0.3 is 0 Å². The molecule has 2 fully saturated rings. The Bertz CT molecular complexity index is 1110. The molecule has 34 heavy (non-hydrogen) atoms. The lowest BCUT2D eigenvalue weighted by Crippen LogP contribution is -2.53. The topological polar surface area (TPSA) is 103 Å². The van der Waals surface area contributed by atoms with Gasteiger partial charge in [0.15, 0.2) is 5.76 Å². The molecule has 2 saturated heterocycles. The third-order valence-electron chi connectivity index (χ3n) is 6.60. The molecule has 0 unspecified atom stereocenters. The summed E-state index contributed by atoms with van der Waals surface area (Å²) in [5, 5.41) is 2.99. The first kappa shape index (κ1) is 24.4. The van der Waals surface area contributed by atoms with Gasteiger partial charge in [-0.15, -0.1) is 0 Å². The average Bonchev–Trinajstić information content (AvgIpc) is 3.26. The normalized spacial score (nSPS) is 18.7. The number of benzene rings is 1. The lowest BCUT2D eigenvalue weighted by atomic mass is 10.0. The fourth-order valence-electron chi connectivity index (χ4n) is 4.41. The van der Waals surface area contributed by atoms with Crippen molar-refractivity contribution in [3.8, 4) is 0 Å². The van der Waals surface area contributed by atoms with Crippen molar-refractivity contribution in [2.24, 2.45) is 0 Å². The van der Waals surface area contributed by atoms with Crippen molar-refractivity contribution in [3.63, 3.8) is 0 Å². The molecule has 4 rings (SSSR count). The van der Waals surface area contributed by atoms with Crippen LogP contribution in [0.4, 0.5) is 0 Å². The first-order valence-corrected chi connectivity index (χ1v) is 13.1. The Morgan fingerprint density at radius 2 is 1.62 bits per heavy atom. The van der Waals surface area contributed by atoms with Crippen LogP contribution in [0.25, 0.3) is 0 Å². The van der Waals surface area contributed by atoms with Crippen molar-refractivity contribution in [2.75, 3.05) is 45.8 Å². The minimum absolute atomic E-state index is 0.0107. The van der Waals surface area contributed by atoms with Gasteiger partial charge in [0, 0.05) is 50.9 Å². The highest BCUT2D eigenvalue weighted by Crippen LogP contribution is 2.19. The molecule has 0 spiro atoms. The smallest absolute Gasteiger partial charge is 0.287 e. The van der Waals surface area contributed by atoms with Gasteiger partial charge < -0.3 is 14.6 Å². The van der Waals surface area contributed by atoms with Crippen molar-refractivity contribution in [1.82, 2.24) is 19.4 Å². The number of rotatable bonds is 6. The lowest BCUT2D eigenvalue weighted by Gasteiger charge is -2.36. The summed E-state index contributed by atoms with van der Waals surface area (Å²) >= 11 is 0. The lowest BCUT2D eigenvalue weighted by molar-refractivity contribution is -0.133. The van der Waals surface area contributed by atoms with Crippen LogP contribution in [0, 0.1) is 13.8 Å². The summed E-state index contributed by atoms with van der Waals surface area (Å²) in [4.78, 5) is 29.3. The Balaban J connectivity index is 1.21. The van der Waals surface area contributed by atoms with E-state index in [-0.39, 0.29) is 24.4 Å². The van der Waals surface area contributed by atoms with Crippen molar-refractivity contribution >= 4 is 21.8 Å². The monoisotopic (exact) mass is 488 g/mol. The SMILES string of the molecule is Cc1ccc(S(=O)(=O)N2CCN(CC(=O)N3CCC(NC(=O)c4occc4C)CC3)CC2)cc1. The quantitative estimate of drug-likeness (QED) is 0.663. The third kappa shape index (κ3) is 5.51. The predicted octanol–water partition coefficient (Wildman–Crippen LogP) is 1.62. The van der Waals surface area contributed by atoms with E-state index in [1.54, 1.807) is 30.3 Å². The van der Waals surface area contributed by atoms with Crippen molar-refractivity contribution in [1.29, 1.82) is 0 Å². The van der Waals surface area contributed by atoms with Crippen LogP contribution < -0.4 is 5.32 Å². The highest BCUT2D eigenvalue weighted by molar-refractivity contribution is 7.89. The average molecular weight is 489 g/mol. The standard InChI is InChI=1S/C24H32N4O5S/c1-18-3-5-21(6-4-18)34(31,32)28-14-12-26(13-15-28)17-22(29)27-10-7-20(8-11-27)25-24(30)23-19(2)9-16-33-23/h3-6,9,16,20H,7-8,10-15,17H2,1-2H3,(H,25,30). The summed E-state index contributed by atoms with van der Waals surface area (Å²) in [6.07, 6.45) is 2.89. The second kappa shape index (κ2) is 10.3. The molecule has 2 aliphatic heterocycles. The van der Waals surface area contributed by atoms with Crippen LogP contribution >= 0.6 is 0 Å². The van der Waals surface area contributed by atoms with Crippen molar-refractivity contribution < 1.29 is 22.4 Å². The Morgan fingerprint density at radius 1 is 0.971 bits per heavy atom. The van der Waals surface area contributed by atoms with Gasteiger partial charge in [0.05, 0.1) is 17.7 Å². The molecular formula is C24H32N4O5S. The molecule has 0 saturated carbocycles. The molecule has 9 nitrogen and oxygen atoms in total. The van der Waals surface area contributed by atoms with Gasteiger partial charge in [-0.3, -0.25) is 14.5 Å². The molecule has 2 aromatic rings. The number of nitrogens with one attached hydrogen (secondary N) is 1. The van der Waals surface area contributed by atoms with E-state index in [0.717, 1.165) is 11.1 Å². The fourth-order valence-corrected chi connectivity index (χ4v) is 5.83. The maximum absolute atomic E-state index is 12.9. The molecule has 1 N–H and O–H groups in total. The van der Waals surface area contributed by atoms with Crippen LogP contribution in [0.3, 0.4) is 0 Å². The van der Waals surface area contributed by atoms with Gasteiger partial charge in [-0.25, -0.2) is 8.42 Å². The summed E-state index contributed by atoms with van der Waals surface area (Å²) in [6.45, 7) is 6.97. The maximum Gasteiger partial charge on any atom is 0.287 e. The van der Waals surface area contributed by atoms with Crippen LogP contribution in [0.15, 0.2) is 45.9 Å². The molecule has 10 heteroatoms. The van der Waals surface area contributed by atoms with Crippen LogP contribution in [0.1, 0.15) is 34.5 Å². The van der Waals surface area contributed by atoms with Crippen LogP contribution in [0.5, 0.6) is 0 Å². The molecular weight excluding hydrogens is 456 g/mol. The zero-order chi connectivity index (χ0) is 24.3. The maximum atomic E-state index is 12.9. The highest BCUT2D eigenvalue weighted by Gasteiger charge is 2.31. The molecule has 0 bridgehead atoms. The number of sulfonamides is 1. The number of likely N-dealkylation sites (tertiary alicyclic amines) is 1. The second-order valence-electron chi connectivity index (χ2n) is 9.05. The predicted molar refractivity (Wildman–Crippen MR) is 127 cm³/mol. The summed E-state index contributed by atoms with van der Waals surface area (Å²) in [6, 6.07) is 8.65. The van der Waals surface area contributed by atoms with Gasteiger partial charge in [-0.2, -0.15) is 4.31 Å². The zero-order valence-electron chi connectivity index (χ0n) is 19.7. The number of nitrogens with zero attached hydrogens (tertiary/aromatic N) is 3. The van der Waals surface area contributed by atoms with E-state index in [2.05, 4.69) is 5.32 Å². The van der Waals surface area contributed by atoms with E-state index in [1.807, 2.05) is 23.6 Å². The van der Waals surface area contributed by atoms with E-state index in [9.17, 15) is 18.0 Å². The molecule has 2 aliphatic rings. The molecule has 3 heterocycles. The van der Waals surface area contributed by atoms with E-state index in [4.69, 9.17) is 4.42 Å². The molecule has 0 aliphatic carbocycles. The first-order valence-electron chi connectivity index (χ1n) is 11.7. The first-order chi connectivity index (χ1) is 16.2. The summed E-state index contributed by atoms with van der Waals surface area (Å²) in [5.41, 5.74) is 1.82. The summed E-state index contributed by atoms with van der Waals surface area (Å²) < 4.78 is 32.5. The highest BCUT2D eigenvalue weighted by atomic mass is 32.2. The van der Waals surface area contributed by atoms with Gasteiger partial charge in [-0.1, -0.05) is 17.7 Å². The number of piperazine rings is 1. The van der Waals surface area contributed by atoms with Gasteiger partial charge in [0.25, 0.3) is 5.91 Å². The largest absolute Gasteiger partial charge is 0.459 e. The molecule has 1 aromatic carbocycles. The van der Waals surface area contributed by atoms with Gasteiger partial charge in [0.2, 0.25) is 15.9 Å². The molecule has 2 amide bonds. The van der Waals surface area contributed by atoms with Crippen LogP contribution in [-0.2, 0) is 14.8 Å². The minimum atomic E-state index is -3.52. The zero-order valence-corrected chi connectivity index (χ0v) is 20.5. The summed E-state index contributed by atoms with van der Waals surface area (Å²) in [7, 11) is -3.52. The van der Waals surface area contributed by atoms with Crippen molar-refractivity contribution in [3.05, 3.63) is 53.5 Å². The third-order valence-corrected chi connectivity index (χ3v) is 8.51. The fraction of sp³-hybridized carbons (Fsp3) is 0.500. The van der Waals surface area contributed by atoms with Crippen LogP contribution in [0.2, 0.25) is 0 Å². The number of carbonyl (C=O) groups excluding carboxylic acids is 2. The number of aryl methyl sites for hydroxylation is 2. The summed E-state index contributed by atoms with van der Waals surface area (Å²) in [5.74, 6) is 0.161. The number of hydrogen-bond donors (Lipinski definition) is 1. The number of hydrogen-bond acceptors (Lipinski definition) is 6. The Hall–Kier alpha value is -2.69. The molecule has 0 atom stereocenters. The van der Waals surface area contributed by atoms with E-state index < -0.39 is 10.0 Å². The van der Waals surface area contributed by atoms with E-state index >= 15 is 0 Å². The van der Waals surface area contributed by atoms with Crippen molar-refractivity contribution in [2.45, 2.75) is 37.6 Å². The van der Waals surface area contributed by atoms with Gasteiger partial charge in [-0.05, 0) is 44.9 Å². The Kier molecular flexibility index (Phi) is 7.39. The number of amides is 2.